The summed E-state index contributed by atoms with van der Waals surface area (Å²) in [7, 11) is 0. The number of nitrogens with zero attached hydrogens (tertiary/aromatic N) is 5. The number of benzene rings is 2. The van der Waals surface area contributed by atoms with Crippen molar-refractivity contribution in [1.82, 2.24) is 24.8 Å². The van der Waals surface area contributed by atoms with Crippen molar-refractivity contribution in [3.05, 3.63) is 65.1 Å². The maximum Gasteiger partial charge on any atom is 0.258 e. The molecule has 33 heavy (non-hydrogen) atoms. The van der Waals surface area contributed by atoms with E-state index in [9.17, 15) is 4.79 Å². The molecule has 2 saturated heterocycles. The number of rotatable bonds is 4. The van der Waals surface area contributed by atoms with Crippen molar-refractivity contribution in [3.63, 3.8) is 0 Å². The first-order valence-corrected chi connectivity index (χ1v) is 11.5. The fourth-order valence-corrected chi connectivity index (χ4v) is 4.71. The Bertz CT molecular complexity index is 1320. The molecule has 8 nitrogen and oxygen atoms in total. The Morgan fingerprint density at radius 2 is 1.91 bits per heavy atom. The van der Waals surface area contributed by atoms with Gasteiger partial charge in [-0.1, -0.05) is 35.0 Å². The molecule has 1 amide bonds. The number of piperidine rings is 1. The largest absolute Gasteiger partial charge is 0.377 e. The molecule has 0 N–H and O–H groups in total. The highest BCUT2D eigenvalue weighted by Gasteiger charge is 2.29. The number of aromatic nitrogens is 4. The van der Waals surface area contributed by atoms with Crippen LogP contribution in [-0.2, 0) is 4.74 Å². The van der Waals surface area contributed by atoms with Gasteiger partial charge in [0.25, 0.3) is 11.8 Å². The number of amides is 1. The van der Waals surface area contributed by atoms with E-state index < -0.39 is 0 Å². The van der Waals surface area contributed by atoms with E-state index in [2.05, 4.69) is 15.2 Å². The van der Waals surface area contributed by atoms with E-state index in [4.69, 9.17) is 20.9 Å². The number of hydrogen-bond acceptors (Lipinski definition) is 6. The van der Waals surface area contributed by atoms with Crippen molar-refractivity contribution >= 4 is 28.4 Å². The van der Waals surface area contributed by atoms with Crippen LogP contribution in [-0.4, -0.2) is 57.0 Å². The van der Waals surface area contributed by atoms with Crippen LogP contribution in [0, 0.1) is 0 Å². The summed E-state index contributed by atoms with van der Waals surface area (Å²) in [5.41, 5.74) is 2.45. The molecule has 2 aromatic heterocycles. The third kappa shape index (κ3) is 3.69. The summed E-state index contributed by atoms with van der Waals surface area (Å²) in [6.45, 7) is 2.63. The number of carbonyl (C=O) groups is 1. The molecule has 4 heterocycles. The maximum absolute atomic E-state index is 12.8. The molecule has 0 saturated carbocycles. The molecule has 0 aliphatic carbocycles. The molecular formula is C24H22ClN5O3. The molecule has 9 heteroatoms. The average molecular weight is 464 g/mol. The van der Waals surface area contributed by atoms with E-state index >= 15 is 0 Å². The molecule has 2 fully saturated rings. The molecule has 0 spiro atoms. The normalized spacial score (nSPS) is 17.4. The van der Waals surface area contributed by atoms with E-state index in [0.29, 0.717) is 48.6 Å². The van der Waals surface area contributed by atoms with Gasteiger partial charge in [0.2, 0.25) is 0 Å². The van der Waals surface area contributed by atoms with Crippen LogP contribution in [0.25, 0.3) is 22.4 Å². The molecule has 2 aliphatic heterocycles. The van der Waals surface area contributed by atoms with E-state index in [1.54, 1.807) is 12.1 Å². The van der Waals surface area contributed by atoms with Gasteiger partial charge in [-0.15, -0.1) is 0 Å². The lowest BCUT2D eigenvalue weighted by Crippen LogP contribution is -2.38. The Morgan fingerprint density at radius 1 is 1.09 bits per heavy atom. The summed E-state index contributed by atoms with van der Waals surface area (Å²) in [5, 5.41) is 10.3. The van der Waals surface area contributed by atoms with E-state index in [1.807, 2.05) is 46.1 Å². The second-order valence-electron chi connectivity index (χ2n) is 8.56. The maximum atomic E-state index is 12.8. The summed E-state index contributed by atoms with van der Waals surface area (Å²) in [4.78, 5) is 19.4. The standard InChI is InChI=1S/C24H22ClN5O3/c25-20-4-2-1-3-19(20)24(31)29-9-7-15(8-10-29)22-27-23(33-28-22)16-5-6-17-12-26-30(21(17)11-16)18-13-32-14-18/h1-6,11-12,15,18H,7-10,13-14H2. The van der Waals surface area contributed by atoms with Gasteiger partial charge in [0.15, 0.2) is 5.82 Å². The lowest BCUT2D eigenvalue weighted by atomic mass is 9.95. The molecule has 0 bridgehead atoms. The van der Waals surface area contributed by atoms with Crippen LogP contribution in [0.3, 0.4) is 0 Å². The zero-order chi connectivity index (χ0) is 22.4. The highest BCUT2D eigenvalue weighted by atomic mass is 35.5. The summed E-state index contributed by atoms with van der Waals surface area (Å²) < 4.78 is 12.9. The second-order valence-corrected chi connectivity index (χ2v) is 8.97. The SMILES string of the molecule is O=C(c1ccccc1Cl)N1CCC(c2noc(-c3ccc4cnn(C5COC5)c4c3)n2)CC1. The fourth-order valence-electron chi connectivity index (χ4n) is 4.49. The van der Waals surface area contributed by atoms with E-state index in [-0.39, 0.29) is 17.9 Å². The number of fused-ring (bicyclic) bond motifs is 1. The van der Waals surface area contributed by atoms with Crippen LogP contribution in [0.4, 0.5) is 0 Å². The predicted molar refractivity (Wildman–Crippen MR) is 122 cm³/mol. The van der Waals surface area contributed by atoms with Gasteiger partial charge in [-0.3, -0.25) is 9.48 Å². The monoisotopic (exact) mass is 463 g/mol. The summed E-state index contributed by atoms with van der Waals surface area (Å²) >= 11 is 6.20. The minimum absolute atomic E-state index is 0.0328. The van der Waals surface area contributed by atoms with Gasteiger partial charge >= 0.3 is 0 Å². The van der Waals surface area contributed by atoms with Gasteiger partial charge in [-0.25, -0.2) is 0 Å². The molecule has 0 unspecified atom stereocenters. The Kier molecular flexibility index (Phi) is 5.11. The topological polar surface area (TPSA) is 86.3 Å². The zero-order valence-corrected chi connectivity index (χ0v) is 18.6. The van der Waals surface area contributed by atoms with E-state index in [0.717, 1.165) is 29.3 Å². The zero-order valence-electron chi connectivity index (χ0n) is 17.9. The van der Waals surface area contributed by atoms with Crippen LogP contribution in [0.1, 0.15) is 41.0 Å². The highest BCUT2D eigenvalue weighted by molar-refractivity contribution is 6.33. The molecule has 2 aromatic carbocycles. The Labute approximate surface area is 195 Å². The quantitative estimate of drug-likeness (QED) is 0.447. The minimum atomic E-state index is -0.0328. The average Bonchev–Trinajstić information content (AvgIpc) is 3.46. The smallest absolute Gasteiger partial charge is 0.258 e. The van der Waals surface area contributed by atoms with Gasteiger partial charge in [0.05, 0.1) is 41.6 Å². The number of hydrogen-bond donors (Lipinski definition) is 0. The van der Waals surface area contributed by atoms with Gasteiger partial charge < -0.3 is 14.2 Å². The molecule has 2 aliphatic rings. The number of carbonyl (C=O) groups excluding carboxylic acids is 1. The summed E-state index contributed by atoms with van der Waals surface area (Å²) in [5.74, 6) is 1.31. The molecule has 0 atom stereocenters. The lowest BCUT2D eigenvalue weighted by Gasteiger charge is -2.30. The number of halogens is 1. The Hall–Kier alpha value is -3.23. The van der Waals surface area contributed by atoms with Crippen molar-refractivity contribution < 1.29 is 14.1 Å². The molecule has 0 radical (unpaired) electrons. The Morgan fingerprint density at radius 3 is 2.67 bits per heavy atom. The third-order valence-corrected chi connectivity index (χ3v) is 6.83. The van der Waals surface area contributed by atoms with Gasteiger partial charge in [0.1, 0.15) is 0 Å². The van der Waals surface area contributed by atoms with Gasteiger partial charge in [0, 0.05) is 30.0 Å². The van der Waals surface area contributed by atoms with Crippen LogP contribution in [0.2, 0.25) is 5.02 Å². The summed E-state index contributed by atoms with van der Waals surface area (Å²) in [6.07, 6.45) is 3.43. The van der Waals surface area contributed by atoms with Crippen LogP contribution >= 0.6 is 11.6 Å². The van der Waals surface area contributed by atoms with Crippen LogP contribution < -0.4 is 0 Å². The van der Waals surface area contributed by atoms with Gasteiger partial charge in [-0.2, -0.15) is 10.1 Å². The van der Waals surface area contributed by atoms with Crippen molar-refractivity contribution in [2.45, 2.75) is 24.8 Å². The first-order chi connectivity index (χ1) is 16.2. The predicted octanol–water partition coefficient (Wildman–Crippen LogP) is 4.33. The fraction of sp³-hybridized carbons (Fsp3) is 0.333. The Balaban J connectivity index is 1.16. The van der Waals surface area contributed by atoms with Crippen LogP contribution in [0.15, 0.2) is 53.2 Å². The number of ether oxygens (including phenoxy) is 1. The van der Waals surface area contributed by atoms with Crippen molar-refractivity contribution in [2.24, 2.45) is 0 Å². The number of likely N-dealkylation sites (tertiary alicyclic amines) is 1. The summed E-state index contributed by atoms with van der Waals surface area (Å²) in [6, 6.07) is 13.5. The van der Waals surface area contributed by atoms with Crippen molar-refractivity contribution in [1.29, 1.82) is 0 Å². The second kappa shape index (κ2) is 8.28. The molecule has 6 rings (SSSR count). The molecule has 4 aromatic rings. The first-order valence-electron chi connectivity index (χ1n) is 11.1. The molecular weight excluding hydrogens is 442 g/mol. The van der Waals surface area contributed by atoms with Gasteiger partial charge in [-0.05, 0) is 37.1 Å². The first kappa shape index (κ1) is 20.4. The minimum Gasteiger partial charge on any atom is -0.377 e. The highest BCUT2D eigenvalue weighted by Crippen LogP contribution is 2.31. The lowest BCUT2D eigenvalue weighted by molar-refractivity contribution is -0.0266. The van der Waals surface area contributed by atoms with Crippen LogP contribution in [0.5, 0.6) is 0 Å². The van der Waals surface area contributed by atoms with E-state index in [1.165, 1.54) is 0 Å². The molecule has 168 valence electrons. The third-order valence-electron chi connectivity index (χ3n) is 6.51. The van der Waals surface area contributed by atoms with Crippen molar-refractivity contribution in [2.75, 3.05) is 26.3 Å². The van der Waals surface area contributed by atoms with Crippen molar-refractivity contribution in [3.8, 4) is 11.5 Å².